The van der Waals surface area contributed by atoms with Crippen LogP contribution in [0.15, 0.2) is 108 Å². The van der Waals surface area contributed by atoms with Crippen molar-refractivity contribution in [2.45, 2.75) is 6.61 Å². The smallest absolute Gasteiger partial charge is 0.257 e. The zero-order valence-corrected chi connectivity index (χ0v) is 19.4. The number of aromatic nitrogens is 1. The summed E-state index contributed by atoms with van der Waals surface area (Å²) >= 11 is 5.34. The summed E-state index contributed by atoms with van der Waals surface area (Å²) in [7, 11) is 0. The van der Waals surface area contributed by atoms with Crippen LogP contribution in [0.25, 0.3) is 22.6 Å². The Morgan fingerprint density at radius 2 is 1.66 bits per heavy atom. The number of benzene rings is 4. The van der Waals surface area contributed by atoms with Crippen LogP contribution in [0.5, 0.6) is 5.75 Å². The standard InChI is InChI=1S/C28H21N3O3S/c32-26(20-13-15-23(16-14-20)33-18-19-7-2-1-3-8-19)31-28(35)29-22-10-6-9-21(17-22)27-30-24-11-4-5-12-25(24)34-27/h1-17H,18H2,(H2,29,31,32,35). The topological polar surface area (TPSA) is 76.4 Å². The van der Waals surface area contributed by atoms with Crippen molar-refractivity contribution in [1.82, 2.24) is 10.3 Å². The van der Waals surface area contributed by atoms with Gasteiger partial charge in [0.15, 0.2) is 10.7 Å². The number of nitrogens with zero attached hydrogens (tertiary/aromatic N) is 1. The summed E-state index contributed by atoms with van der Waals surface area (Å²) in [6.45, 7) is 0.461. The highest BCUT2D eigenvalue weighted by molar-refractivity contribution is 7.80. The molecule has 5 rings (SSSR count). The highest BCUT2D eigenvalue weighted by Crippen LogP contribution is 2.26. The van der Waals surface area contributed by atoms with Gasteiger partial charge in [-0.15, -0.1) is 0 Å². The molecule has 0 unspecified atom stereocenters. The minimum atomic E-state index is -0.313. The van der Waals surface area contributed by atoms with E-state index in [0.29, 0.717) is 29.5 Å². The third-order valence-corrected chi connectivity index (χ3v) is 5.46. The fourth-order valence-electron chi connectivity index (χ4n) is 3.51. The first kappa shape index (κ1) is 22.3. The van der Waals surface area contributed by atoms with Crippen molar-refractivity contribution in [3.63, 3.8) is 0 Å². The first-order valence-corrected chi connectivity index (χ1v) is 11.4. The number of fused-ring (bicyclic) bond motifs is 1. The van der Waals surface area contributed by atoms with E-state index in [0.717, 1.165) is 22.2 Å². The number of carbonyl (C=O) groups is 1. The van der Waals surface area contributed by atoms with Gasteiger partial charge in [0.25, 0.3) is 5.91 Å². The second-order valence-electron chi connectivity index (χ2n) is 7.77. The Morgan fingerprint density at radius 1 is 0.886 bits per heavy atom. The van der Waals surface area contributed by atoms with E-state index in [1.165, 1.54) is 0 Å². The lowest BCUT2D eigenvalue weighted by atomic mass is 10.2. The Hall–Kier alpha value is -4.49. The van der Waals surface area contributed by atoms with Gasteiger partial charge < -0.3 is 14.5 Å². The molecule has 172 valence electrons. The number of thiocarbonyl (C=S) groups is 1. The molecule has 0 aliphatic rings. The number of amides is 1. The summed E-state index contributed by atoms with van der Waals surface area (Å²) in [5.41, 5.74) is 4.57. The van der Waals surface area contributed by atoms with Crippen molar-refractivity contribution in [2.75, 3.05) is 5.32 Å². The normalized spacial score (nSPS) is 10.6. The van der Waals surface area contributed by atoms with Gasteiger partial charge in [-0.05, 0) is 72.4 Å². The molecular formula is C28H21N3O3S. The summed E-state index contributed by atoms with van der Waals surface area (Å²) in [4.78, 5) is 17.1. The number of rotatable bonds is 6. The van der Waals surface area contributed by atoms with Crippen molar-refractivity contribution < 1.29 is 13.9 Å². The second-order valence-corrected chi connectivity index (χ2v) is 8.18. The van der Waals surface area contributed by atoms with Gasteiger partial charge in [-0.25, -0.2) is 4.98 Å². The molecule has 0 bridgehead atoms. The molecule has 1 aromatic heterocycles. The Balaban J connectivity index is 1.18. The molecule has 1 heterocycles. The molecule has 0 spiro atoms. The van der Waals surface area contributed by atoms with E-state index in [1.807, 2.05) is 78.9 Å². The van der Waals surface area contributed by atoms with E-state index in [9.17, 15) is 4.79 Å². The molecule has 35 heavy (non-hydrogen) atoms. The van der Waals surface area contributed by atoms with Crippen LogP contribution in [0.4, 0.5) is 5.69 Å². The molecule has 7 heteroatoms. The van der Waals surface area contributed by atoms with Gasteiger partial charge in [0, 0.05) is 16.8 Å². The number of para-hydroxylation sites is 2. The number of carbonyl (C=O) groups excluding carboxylic acids is 1. The highest BCUT2D eigenvalue weighted by atomic mass is 32.1. The third kappa shape index (κ3) is 5.54. The molecule has 6 nitrogen and oxygen atoms in total. The van der Waals surface area contributed by atoms with Gasteiger partial charge in [0.2, 0.25) is 5.89 Å². The number of oxazole rings is 1. The molecule has 0 saturated carbocycles. The number of hydrogen-bond acceptors (Lipinski definition) is 5. The molecule has 0 aliphatic heterocycles. The molecular weight excluding hydrogens is 458 g/mol. The van der Waals surface area contributed by atoms with Gasteiger partial charge in [-0.2, -0.15) is 0 Å². The maximum Gasteiger partial charge on any atom is 0.257 e. The van der Waals surface area contributed by atoms with Crippen molar-refractivity contribution in [3.8, 4) is 17.2 Å². The lowest BCUT2D eigenvalue weighted by molar-refractivity contribution is 0.0977. The minimum absolute atomic E-state index is 0.189. The van der Waals surface area contributed by atoms with E-state index in [-0.39, 0.29) is 11.0 Å². The molecule has 0 saturated heterocycles. The van der Waals surface area contributed by atoms with Crippen LogP contribution in [0.1, 0.15) is 15.9 Å². The predicted octanol–water partition coefficient (Wildman–Crippen LogP) is 6.20. The van der Waals surface area contributed by atoms with E-state index in [4.69, 9.17) is 21.4 Å². The van der Waals surface area contributed by atoms with Crippen LogP contribution in [0.3, 0.4) is 0 Å². The monoisotopic (exact) mass is 479 g/mol. The highest BCUT2D eigenvalue weighted by Gasteiger charge is 2.11. The summed E-state index contributed by atoms with van der Waals surface area (Å²) < 4.78 is 11.6. The van der Waals surface area contributed by atoms with Crippen LogP contribution in [-0.4, -0.2) is 16.0 Å². The second kappa shape index (κ2) is 10.2. The summed E-state index contributed by atoms with van der Waals surface area (Å²) in [6.07, 6.45) is 0. The lowest BCUT2D eigenvalue weighted by Gasteiger charge is -2.11. The zero-order valence-electron chi connectivity index (χ0n) is 18.6. The van der Waals surface area contributed by atoms with Crippen LogP contribution in [-0.2, 0) is 6.61 Å². The Kier molecular flexibility index (Phi) is 6.50. The molecule has 4 aromatic carbocycles. The Bertz CT molecular complexity index is 1450. The van der Waals surface area contributed by atoms with Crippen molar-refractivity contribution in [1.29, 1.82) is 0 Å². The average molecular weight is 480 g/mol. The number of hydrogen-bond donors (Lipinski definition) is 2. The molecule has 0 atom stereocenters. The number of anilines is 1. The molecule has 5 aromatic rings. The quantitative estimate of drug-likeness (QED) is 0.282. The summed E-state index contributed by atoms with van der Waals surface area (Å²) in [5.74, 6) is 0.883. The SMILES string of the molecule is O=C(NC(=S)Nc1cccc(-c2nc3ccccc3o2)c1)c1ccc(OCc2ccccc2)cc1. The maximum absolute atomic E-state index is 12.6. The fraction of sp³-hybridized carbons (Fsp3) is 0.0357. The molecule has 0 fully saturated rings. The van der Waals surface area contributed by atoms with E-state index in [1.54, 1.807) is 24.3 Å². The van der Waals surface area contributed by atoms with Crippen LogP contribution >= 0.6 is 12.2 Å². The fourth-order valence-corrected chi connectivity index (χ4v) is 3.72. The molecule has 0 aliphatic carbocycles. The van der Waals surface area contributed by atoms with E-state index < -0.39 is 0 Å². The number of ether oxygens (including phenoxy) is 1. The van der Waals surface area contributed by atoms with Crippen LogP contribution < -0.4 is 15.4 Å². The Labute approximate surface area is 207 Å². The molecule has 1 amide bonds. The van der Waals surface area contributed by atoms with Crippen molar-refractivity contribution in [2.24, 2.45) is 0 Å². The van der Waals surface area contributed by atoms with Gasteiger partial charge in [-0.3, -0.25) is 10.1 Å². The van der Waals surface area contributed by atoms with Gasteiger partial charge in [-0.1, -0.05) is 48.5 Å². The lowest BCUT2D eigenvalue weighted by Crippen LogP contribution is -2.34. The molecule has 2 N–H and O–H groups in total. The van der Waals surface area contributed by atoms with Gasteiger partial charge in [0.05, 0.1) is 0 Å². The van der Waals surface area contributed by atoms with E-state index in [2.05, 4.69) is 15.6 Å². The van der Waals surface area contributed by atoms with Crippen LogP contribution in [0, 0.1) is 0 Å². The van der Waals surface area contributed by atoms with Gasteiger partial charge in [0.1, 0.15) is 17.9 Å². The average Bonchev–Trinajstić information content (AvgIpc) is 3.33. The van der Waals surface area contributed by atoms with E-state index >= 15 is 0 Å². The minimum Gasteiger partial charge on any atom is -0.489 e. The van der Waals surface area contributed by atoms with Crippen molar-refractivity contribution in [3.05, 3.63) is 114 Å². The maximum atomic E-state index is 12.6. The Morgan fingerprint density at radius 3 is 2.46 bits per heavy atom. The van der Waals surface area contributed by atoms with Crippen LogP contribution in [0.2, 0.25) is 0 Å². The predicted molar refractivity (Wildman–Crippen MR) is 140 cm³/mol. The largest absolute Gasteiger partial charge is 0.489 e. The zero-order chi connectivity index (χ0) is 24.0. The first-order valence-electron chi connectivity index (χ1n) is 11.0. The third-order valence-electron chi connectivity index (χ3n) is 5.25. The summed E-state index contributed by atoms with van der Waals surface area (Å²) in [5, 5.41) is 5.93. The molecule has 0 radical (unpaired) electrons. The van der Waals surface area contributed by atoms with Gasteiger partial charge >= 0.3 is 0 Å². The number of nitrogens with one attached hydrogen (secondary N) is 2. The summed E-state index contributed by atoms with van der Waals surface area (Å²) in [6, 6.07) is 31.9. The first-order chi connectivity index (χ1) is 17.1. The van der Waals surface area contributed by atoms with Crippen molar-refractivity contribution >= 4 is 40.0 Å².